The summed E-state index contributed by atoms with van der Waals surface area (Å²) in [5.74, 6) is -1.05. The fourth-order valence-corrected chi connectivity index (χ4v) is 2.75. The smallest absolute Gasteiger partial charge is 0.293 e. The van der Waals surface area contributed by atoms with Crippen molar-refractivity contribution in [1.82, 2.24) is 19.4 Å². The molecule has 0 unspecified atom stereocenters. The zero-order valence-electron chi connectivity index (χ0n) is 11.9. The van der Waals surface area contributed by atoms with Crippen molar-refractivity contribution in [3.8, 4) is 0 Å². The van der Waals surface area contributed by atoms with E-state index in [1.165, 1.54) is 17.1 Å². The van der Waals surface area contributed by atoms with Gasteiger partial charge in [0.2, 0.25) is 4.91 Å². The number of aliphatic hydroxyl groups excluding tert-OH is 2. The van der Waals surface area contributed by atoms with Gasteiger partial charge in [-0.1, -0.05) is 0 Å². The van der Waals surface area contributed by atoms with Crippen LogP contribution in [0, 0.1) is 11.4 Å². The van der Waals surface area contributed by atoms with Crippen LogP contribution in [0.4, 0.5) is 10.1 Å². The van der Waals surface area contributed by atoms with Crippen molar-refractivity contribution in [3.05, 3.63) is 18.6 Å². The Morgan fingerprint density at radius 1 is 1.57 bits per heavy atom. The number of nitrogens with one attached hydrogen (secondary N) is 1. The van der Waals surface area contributed by atoms with Gasteiger partial charge >= 0.3 is 0 Å². The molecule has 1 fully saturated rings. The van der Waals surface area contributed by atoms with Crippen molar-refractivity contribution in [2.75, 3.05) is 19.0 Å². The summed E-state index contributed by atoms with van der Waals surface area (Å²) in [6, 6.07) is 1.57. The molecule has 0 bridgehead atoms. The Bertz CT molecular complexity index is 777. The van der Waals surface area contributed by atoms with E-state index in [1.54, 1.807) is 6.07 Å². The molecule has 1 aliphatic rings. The molecule has 23 heavy (non-hydrogen) atoms. The number of hydrogen-bond donors (Lipinski definition) is 4. The second-order valence-corrected chi connectivity index (χ2v) is 5.20. The van der Waals surface area contributed by atoms with E-state index in [0.717, 1.165) is 0 Å². The molecular weight excluding hydrogens is 309 g/mol. The molecule has 1 saturated heterocycles. The van der Waals surface area contributed by atoms with Crippen molar-refractivity contribution in [2.45, 2.75) is 18.1 Å². The average Bonchev–Trinajstić information content (AvgIpc) is 3.09. The van der Waals surface area contributed by atoms with Gasteiger partial charge < -0.3 is 20.7 Å². The Morgan fingerprint density at radius 3 is 3.00 bits per heavy atom. The number of anilines is 1. The predicted octanol–water partition coefficient (Wildman–Crippen LogP) is -0.272. The molecular formula is C12H15FN7O3+. The Hall–Kier alpha value is -2.46. The number of pyridine rings is 1. The third kappa shape index (κ3) is 2.18. The molecule has 5 N–H and O–H groups in total. The van der Waals surface area contributed by atoms with Crippen LogP contribution in [0.2, 0.25) is 0 Å². The first kappa shape index (κ1) is 15.4. The number of nitrogens with two attached hydrogens (primary N) is 1. The lowest BCUT2D eigenvalue weighted by Gasteiger charge is -2.18. The summed E-state index contributed by atoms with van der Waals surface area (Å²) >= 11 is 0. The van der Waals surface area contributed by atoms with E-state index in [9.17, 15) is 14.6 Å². The third-order valence-corrected chi connectivity index (χ3v) is 3.95. The molecule has 0 spiro atoms. The summed E-state index contributed by atoms with van der Waals surface area (Å²) in [7, 11) is 0. The van der Waals surface area contributed by atoms with Crippen molar-refractivity contribution in [2.24, 2.45) is 11.0 Å². The molecule has 0 radical (unpaired) electrons. The van der Waals surface area contributed by atoms with E-state index in [0.29, 0.717) is 16.9 Å². The number of ether oxygens (including phenoxy) is 1. The maximum atomic E-state index is 13.5. The fraction of sp³-hybridized carbons (Fsp3) is 0.500. The number of rotatable bonds is 4. The molecule has 3 rings (SSSR count). The van der Waals surface area contributed by atoms with Gasteiger partial charge in [-0.05, 0) is 6.07 Å². The molecule has 122 valence electrons. The van der Waals surface area contributed by atoms with Gasteiger partial charge in [-0.2, -0.15) is 0 Å². The maximum Gasteiger partial charge on any atom is 0.293 e. The quantitative estimate of drug-likeness (QED) is 0.448. The van der Waals surface area contributed by atoms with Crippen LogP contribution in [0.25, 0.3) is 11.2 Å². The topological polar surface area (TPSA) is 157 Å². The van der Waals surface area contributed by atoms with Crippen molar-refractivity contribution in [1.29, 1.82) is 5.53 Å². The summed E-state index contributed by atoms with van der Waals surface area (Å²) in [6.45, 7) is -1.70. The number of aliphatic hydroxyl groups is 2. The highest BCUT2D eigenvalue weighted by Gasteiger charge is 2.59. The molecule has 0 amide bonds. The Kier molecular flexibility index (Phi) is 3.78. The Labute approximate surface area is 128 Å². The minimum Gasteiger partial charge on any atom is -0.397 e. The highest BCUT2D eigenvalue weighted by molar-refractivity contribution is 5.83. The monoisotopic (exact) mass is 324 g/mol. The minimum atomic E-state index is -1.90. The lowest BCUT2D eigenvalue weighted by atomic mass is 9.97. The first-order valence-corrected chi connectivity index (χ1v) is 6.76. The number of halogens is 1. The van der Waals surface area contributed by atoms with Gasteiger partial charge in [-0.3, -0.25) is 8.96 Å². The normalized spacial score (nSPS) is 30.5. The number of imidazole rings is 1. The number of nitrogen functional groups attached to an aromatic ring is 1. The van der Waals surface area contributed by atoms with Crippen LogP contribution in [0.3, 0.4) is 0 Å². The number of hydrogen-bond acceptors (Lipinski definition) is 8. The summed E-state index contributed by atoms with van der Waals surface area (Å²) in [4.78, 5) is 11.1. The standard InChI is InChI=1S/C12H15FN7O3/c13-3-6-9(22)12(4-21,18-19-15)23-11(6)20-5-17-8-7(14)1-2-16-10(8)20/h1-2,5-6,9,11,15,21-22H,3-4H2,(H2,14,16)/q+1/t6-,9-,11+,12+/m0/s1. The van der Waals surface area contributed by atoms with Gasteiger partial charge in [0.1, 0.15) is 30.0 Å². The van der Waals surface area contributed by atoms with Crippen LogP contribution in [0.5, 0.6) is 0 Å². The SMILES string of the molecule is N=[N+]=N[C@]1(CO)O[C@@H](n2cnc3c(N)ccnc32)[C@@H](CF)[C@@H]1O. The maximum absolute atomic E-state index is 13.5. The van der Waals surface area contributed by atoms with Gasteiger partial charge in [-0.15, -0.1) is 0 Å². The van der Waals surface area contributed by atoms with Gasteiger partial charge in [0.25, 0.3) is 5.72 Å². The average molecular weight is 324 g/mol. The van der Waals surface area contributed by atoms with Gasteiger partial charge in [0.15, 0.2) is 10.8 Å². The van der Waals surface area contributed by atoms with Crippen molar-refractivity contribution < 1.29 is 19.3 Å². The van der Waals surface area contributed by atoms with Gasteiger partial charge in [0, 0.05) is 6.20 Å². The molecule has 0 saturated carbocycles. The van der Waals surface area contributed by atoms with Crippen LogP contribution < -0.4 is 10.6 Å². The summed E-state index contributed by atoms with van der Waals surface area (Å²) in [6.07, 6.45) is 0.301. The molecule has 11 heteroatoms. The largest absolute Gasteiger partial charge is 0.397 e. The zero-order valence-corrected chi connectivity index (χ0v) is 11.9. The summed E-state index contributed by atoms with van der Waals surface area (Å²) < 4.78 is 20.5. The zero-order chi connectivity index (χ0) is 16.6. The van der Waals surface area contributed by atoms with Crippen LogP contribution in [0.1, 0.15) is 6.23 Å². The van der Waals surface area contributed by atoms with Crippen LogP contribution in [-0.4, -0.2) is 49.9 Å². The lowest BCUT2D eigenvalue weighted by molar-refractivity contribution is -0.126. The van der Waals surface area contributed by atoms with E-state index in [1.807, 2.05) is 0 Å². The fourth-order valence-electron chi connectivity index (χ4n) is 2.75. The highest BCUT2D eigenvalue weighted by atomic mass is 19.1. The lowest BCUT2D eigenvalue weighted by Crippen LogP contribution is -2.43. The molecule has 1 aliphatic heterocycles. The van der Waals surface area contributed by atoms with Crippen LogP contribution >= 0.6 is 0 Å². The molecule has 2 aromatic rings. The number of nitrogens with zero attached hydrogens (tertiary/aromatic N) is 5. The number of alkyl halides is 1. The van der Waals surface area contributed by atoms with E-state index in [4.69, 9.17) is 16.0 Å². The highest BCUT2D eigenvalue weighted by Crippen LogP contribution is 2.43. The van der Waals surface area contributed by atoms with E-state index >= 15 is 0 Å². The second-order valence-electron chi connectivity index (χ2n) is 5.20. The summed E-state index contributed by atoms with van der Waals surface area (Å²) in [5, 5.41) is 23.2. The Balaban J connectivity index is 2.11. The van der Waals surface area contributed by atoms with E-state index < -0.39 is 37.3 Å². The van der Waals surface area contributed by atoms with Crippen molar-refractivity contribution >= 4 is 16.9 Å². The number of aromatic nitrogens is 3. The van der Waals surface area contributed by atoms with Gasteiger partial charge in [0.05, 0.1) is 24.6 Å². The van der Waals surface area contributed by atoms with E-state index in [2.05, 4.69) is 20.0 Å². The molecule has 0 aliphatic carbocycles. The van der Waals surface area contributed by atoms with Crippen molar-refractivity contribution in [3.63, 3.8) is 0 Å². The Morgan fingerprint density at radius 2 is 2.35 bits per heavy atom. The molecule has 4 atom stereocenters. The molecule has 10 nitrogen and oxygen atoms in total. The first-order valence-electron chi connectivity index (χ1n) is 6.76. The minimum absolute atomic E-state index is 0.345. The second kappa shape index (κ2) is 5.63. The van der Waals surface area contributed by atoms with Crippen LogP contribution in [-0.2, 0) is 4.74 Å². The number of fused-ring (bicyclic) bond motifs is 1. The molecule has 3 heterocycles. The first-order chi connectivity index (χ1) is 11.1. The van der Waals surface area contributed by atoms with E-state index in [-0.39, 0.29) is 0 Å². The van der Waals surface area contributed by atoms with Crippen LogP contribution in [0.15, 0.2) is 23.7 Å². The molecule has 0 aromatic carbocycles. The third-order valence-electron chi connectivity index (χ3n) is 3.95. The summed E-state index contributed by atoms with van der Waals surface area (Å²) in [5.41, 5.74) is 11.9. The van der Waals surface area contributed by atoms with Gasteiger partial charge in [-0.25, -0.2) is 9.97 Å². The molecule has 2 aromatic heterocycles. The predicted molar refractivity (Wildman–Crippen MR) is 74.6 cm³/mol.